The summed E-state index contributed by atoms with van der Waals surface area (Å²) < 4.78 is 0. The first kappa shape index (κ1) is 32.7. The molecule has 0 aromatic heterocycles. The quantitative estimate of drug-likeness (QED) is 0.160. The molecule has 56 heavy (non-hydrogen) atoms. The Kier molecular flexibility index (Phi) is 7.41. The molecule has 0 amide bonds. The van der Waals surface area contributed by atoms with Crippen molar-refractivity contribution in [3.63, 3.8) is 0 Å². The van der Waals surface area contributed by atoms with Gasteiger partial charge in [0.25, 0.3) is 0 Å². The Bertz CT molecular complexity index is 3020. The van der Waals surface area contributed by atoms with Gasteiger partial charge in [-0.1, -0.05) is 184 Å². The number of hydrogen-bond donors (Lipinski definition) is 0. The van der Waals surface area contributed by atoms with E-state index in [-0.39, 0.29) is 5.41 Å². The fourth-order valence-electron chi connectivity index (χ4n) is 10.1. The summed E-state index contributed by atoms with van der Waals surface area (Å²) in [6.07, 6.45) is 9.29. The lowest BCUT2D eigenvalue weighted by atomic mass is 9.74. The van der Waals surface area contributed by atoms with Crippen molar-refractivity contribution in [3.05, 3.63) is 211 Å². The third kappa shape index (κ3) is 4.94. The average molecular weight is 716 g/mol. The zero-order valence-electron chi connectivity index (χ0n) is 31.7. The molecule has 1 heteroatoms. The Morgan fingerprint density at radius 2 is 1.04 bits per heavy atom. The molecular weight excluding hydrogens is 675 g/mol. The molecule has 2 aliphatic carbocycles. The number of fused-ring (bicyclic) bond motifs is 10. The van der Waals surface area contributed by atoms with E-state index >= 15 is 0 Å². The molecule has 0 bridgehead atoms. The lowest BCUT2D eigenvalue weighted by Crippen LogP contribution is -2.26. The first-order valence-corrected chi connectivity index (χ1v) is 19.9. The second-order valence-electron chi connectivity index (χ2n) is 16.1. The average Bonchev–Trinajstić information content (AvgIpc) is 3.50. The highest BCUT2D eigenvalue weighted by Gasteiger charge is 2.46. The van der Waals surface area contributed by atoms with Crippen LogP contribution in [0.1, 0.15) is 30.9 Å². The number of benzene rings is 9. The molecule has 0 spiro atoms. The van der Waals surface area contributed by atoms with E-state index in [2.05, 4.69) is 219 Å². The van der Waals surface area contributed by atoms with Crippen LogP contribution in [0.2, 0.25) is 0 Å². The summed E-state index contributed by atoms with van der Waals surface area (Å²) in [7, 11) is 0. The predicted molar refractivity (Wildman–Crippen MR) is 240 cm³/mol. The van der Waals surface area contributed by atoms with Gasteiger partial charge in [-0.05, 0) is 113 Å². The Labute approximate surface area is 328 Å². The van der Waals surface area contributed by atoms with Gasteiger partial charge in [-0.3, -0.25) is 0 Å². The van der Waals surface area contributed by atoms with Crippen LogP contribution in [0.4, 0.5) is 17.1 Å². The van der Waals surface area contributed by atoms with Gasteiger partial charge in [0, 0.05) is 17.2 Å². The van der Waals surface area contributed by atoms with Gasteiger partial charge in [0.05, 0.1) is 11.4 Å². The van der Waals surface area contributed by atoms with Gasteiger partial charge in [-0.15, -0.1) is 0 Å². The molecule has 0 N–H and O–H groups in total. The largest absolute Gasteiger partial charge is 0.310 e. The van der Waals surface area contributed by atoms with E-state index in [0.29, 0.717) is 11.8 Å². The zero-order valence-corrected chi connectivity index (χ0v) is 31.7. The highest BCUT2D eigenvalue weighted by atomic mass is 15.1. The van der Waals surface area contributed by atoms with Crippen molar-refractivity contribution in [3.8, 4) is 22.3 Å². The Balaban J connectivity index is 1.13. The highest BCUT2D eigenvalue weighted by Crippen LogP contribution is 2.58. The van der Waals surface area contributed by atoms with Crippen molar-refractivity contribution in [2.45, 2.75) is 25.2 Å². The molecule has 0 saturated carbocycles. The van der Waals surface area contributed by atoms with Crippen LogP contribution in [-0.2, 0) is 5.41 Å². The smallest absolute Gasteiger partial charge is 0.0546 e. The fraction of sp³-hybridized carbons (Fsp3) is 0.0909. The summed E-state index contributed by atoms with van der Waals surface area (Å²) in [4.78, 5) is 2.55. The maximum absolute atomic E-state index is 2.55. The monoisotopic (exact) mass is 715 g/mol. The number of hydrogen-bond acceptors (Lipinski definition) is 1. The summed E-state index contributed by atoms with van der Waals surface area (Å²) in [5.41, 5.74) is 11.2. The first-order chi connectivity index (χ1) is 27.6. The second kappa shape index (κ2) is 12.7. The van der Waals surface area contributed by atoms with E-state index < -0.39 is 0 Å². The molecule has 2 atom stereocenters. The Morgan fingerprint density at radius 3 is 1.77 bits per heavy atom. The molecule has 0 radical (unpaired) electrons. The number of allylic oxidation sites excluding steroid dienone is 4. The fourth-order valence-corrected chi connectivity index (χ4v) is 10.1. The second-order valence-corrected chi connectivity index (χ2v) is 16.1. The predicted octanol–water partition coefficient (Wildman–Crippen LogP) is 15.2. The minimum absolute atomic E-state index is 0.0716. The van der Waals surface area contributed by atoms with Crippen LogP contribution < -0.4 is 4.90 Å². The summed E-state index contributed by atoms with van der Waals surface area (Å²) in [6, 6.07) is 65.3. The van der Waals surface area contributed by atoms with Crippen LogP contribution in [0.5, 0.6) is 0 Å². The van der Waals surface area contributed by atoms with Crippen LogP contribution in [0.3, 0.4) is 0 Å². The first-order valence-electron chi connectivity index (χ1n) is 19.9. The molecule has 266 valence electrons. The lowest BCUT2D eigenvalue weighted by Gasteiger charge is -2.35. The van der Waals surface area contributed by atoms with Gasteiger partial charge in [-0.25, -0.2) is 0 Å². The maximum Gasteiger partial charge on any atom is 0.0546 e. The van der Waals surface area contributed by atoms with E-state index in [9.17, 15) is 0 Å². The minimum atomic E-state index is -0.0716. The van der Waals surface area contributed by atoms with Gasteiger partial charge in [0.2, 0.25) is 0 Å². The van der Waals surface area contributed by atoms with Crippen molar-refractivity contribution in [1.29, 1.82) is 0 Å². The van der Waals surface area contributed by atoms with Crippen LogP contribution in [0, 0.1) is 5.92 Å². The molecular formula is C55H41N. The number of nitrogens with zero attached hydrogens (tertiary/aromatic N) is 1. The molecule has 9 aromatic rings. The van der Waals surface area contributed by atoms with Gasteiger partial charge in [0.15, 0.2) is 0 Å². The maximum atomic E-state index is 2.55. The topological polar surface area (TPSA) is 3.24 Å². The van der Waals surface area contributed by atoms with Crippen molar-refractivity contribution >= 4 is 60.2 Å². The SMILES string of the molecule is CC1(C)c2c(cccc2N(c2ccc(-c3ccc4c5ccccc5c5ccccc5c4c3)cc2)c2ccc3ccccc3c2-c2ccccc2)C2C=CC=CC21. The van der Waals surface area contributed by atoms with E-state index in [4.69, 9.17) is 0 Å². The van der Waals surface area contributed by atoms with Crippen LogP contribution in [-0.4, -0.2) is 0 Å². The van der Waals surface area contributed by atoms with E-state index in [1.54, 1.807) is 0 Å². The standard InChI is InChI=1S/C55H41N/c1-55(2)50-25-13-12-23-47(50)48-24-14-26-52(54(48)55)56(51-34-30-37-15-6-7-18-41(37)53(51)38-16-4-3-5-17-38)40-31-27-36(28-32-40)39-29-33-46-44-21-9-8-19-42(44)43-20-10-11-22-45(43)49(46)35-39/h3-35,47,50H,1-2H3. The summed E-state index contributed by atoms with van der Waals surface area (Å²) in [5, 5.41) is 10.3. The molecule has 0 fully saturated rings. The summed E-state index contributed by atoms with van der Waals surface area (Å²) in [6.45, 7) is 4.88. The molecule has 2 aliphatic rings. The normalized spacial score (nSPS) is 16.8. The van der Waals surface area contributed by atoms with Gasteiger partial charge >= 0.3 is 0 Å². The van der Waals surface area contributed by atoms with Crippen LogP contribution in [0.15, 0.2) is 200 Å². The van der Waals surface area contributed by atoms with Crippen LogP contribution in [0.25, 0.3) is 65.3 Å². The Morgan fingerprint density at radius 1 is 0.429 bits per heavy atom. The minimum Gasteiger partial charge on any atom is -0.310 e. The van der Waals surface area contributed by atoms with E-state index in [0.717, 1.165) is 5.69 Å². The van der Waals surface area contributed by atoms with Gasteiger partial charge < -0.3 is 4.90 Å². The number of rotatable bonds is 5. The molecule has 9 aromatic carbocycles. The van der Waals surface area contributed by atoms with Gasteiger partial charge in [0.1, 0.15) is 0 Å². The molecule has 2 unspecified atom stereocenters. The highest BCUT2D eigenvalue weighted by molar-refractivity contribution is 6.25. The zero-order chi connectivity index (χ0) is 37.4. The van der Waals surface area contributed by atoms with Crippen molar-refractivity contribution in [2.24, 2.45) is 5.92 Å². The van der Waals surface area contributed by atoms with E-state index in [1.165, 1.54) is 87.8 Å². The lowest BCUT2D eigenvalue weighted by molar-refractivity contribution is 0.395. The molecule has 1 nitrogen and oxygen atoms in total. The third-order valence-corrected chi connectivity index (χ3v) is 12.7. The van der Waals surface area contributed by atoms with Crippen molar-refractivity contribution in [2.75, 3.05) is 4.90 Å². The Hall–Kier alpha value is -6.70. The summed E-state index contributed by atoms with van der Waals surface area (Å²) in [5.74, 6) is 0.764. The molecule has 0 heterocycles. The number of anilines is 3. The van der Waals surface area contributed by atoms with E-state index in [1.807, 2.05) is 0 Å². The van der Waals surface area contributed by atoms with Crippen molar-refractivity contribution in [1.82, 2.24) is 0 Å². The van der Waals surface area contributed by atoms with Gasteiger partial charge in [-0.2, -0.15) is 0 Å². The molecule has 0 aliphatic heterocycles. The van der Waals surface area contributed by atoms with Crippen molar-refractivity contribution < 1.29 is 0 Å². The molecule has 11 rings (SSSR count). The van der Waals surface area contributed by atoms with Crippen LogP contribution >= 0.6 is 0 Å². The third-order valence-electron chi connectivity index (χ3n) is 12.7. The summed E-state index contributed by atoms with van der Waals surface area (Å²) >= 11 is 0. The molecule has 0 saturated heterocycles.